The van der Waals surface area contributed by atoms with Crippen LogP contribution in [0.5, 0.6) is 0 Å². The topological polar surface area (TPSA) is 75.0 Å². The van der Waals surface area contributed by atoms with Gasteiger partial charge in [0.05, 0.1) is 11.3 Å². The number of hydrogen-bond donors (Lipinski definition) is 0. The fourth-order valence-electron chi connectivity index (χ4n) is 1.16. The molecule has 1 rings (SSSR count). The van der Waals surface area contributed by atoms with E-state index in [-0.39, 0.29) is 12.2 Å². The third-order valence-electron chi connectivity index (χ3n) is 2.19. The fourth-order valence-corrected chi connectivity index (χ4v) is 2.85. The van der Waals surface area contributed by atoms with Gasteiger partial charge in [-0.05, 0) is 6.42 Å². The molecule has 0 aromatic rings. The smallest absolute Gasteiger partial charge is 0.154 e. The fraction of sp³-hybridized carbons (Fsp3) is 0.714. The molecule has 4 nitrogen and oxygen atoms in total. The van der Waals surface area contributed by atoms with Crippen molar-refractivity contribution >= 4 is 16.1 Å². The van der Waals surface area contributed by atoms with Gasteiger partial charge in [0.2, 0.25) is 0 Å². The molecular weight excluding hydrogens is 178 g/mol. The Morgan fingerprint density at radius 2 is 2.33 bits per heavy atom. The van der Waals surface area contributed by atoms with Gasteiger partial charge in [-0.15, -0.1) is 0 Å². The van der Waals surface area contributed by atoms with E-state index in [1.807, 2.05) is 0 Å². The Balaban J connectivity index is 2.90. The number of hydrogen-bond acceptors (Lipinski definition) is 4. The summed E-state index contributed by atoms with van der Waals surface area (Å²) in [6, 6.07) is 1.75. The Bertz CT molecular complexity index is 340. The Hall–Kier alpha value is -0.890. The number of nitrogens with zero attached hydrogens (tertiary/aromatic N) is 1. The highest BCUT2D eigenvalue weighted by atomic mass is 32.2. The van der Waals surface area contributed by atoms with Crippen LogP contribution in [-0.4, -0.2) is 25.7 Å². The standard InChI is InChI=1S/C7H9NO3S/c1-2-12(10,11)6-3-7(6,4-8)5-9/h5-6H,2-3H2,1H3/t6-,7+/m0/s1. The van der Waals surface area contributed by atoms with E-state index in [4.69, 9.17) is 5.26 Å². The molecule has 0 saturated heterocycles. The predicted molar refractivity (Wildman–Crippen MR) is 42.0 cm³/mol. The maximum absolute atomic E-state index is 11.2. The molecule has 0 aliphatic heterocycles. The average molecular weight is 187 g/mol. The van der Waals surface area contributed by atoms with E-state index in [1.165, 1.54) is 6.92 Å². The van der Waals surface area contributed by atoms with Gasteiger partial charge in [0.15, 0.2) is 9.84 Å². The largest absolute Gasteiger partial charge is 0.302 e. The first-order valence-electron chi connectivity index (χ1n) is 3.61. The van der Waals surface area contributed by atoms with Crippen LogP contribution < -0.4 is 0 Å². The van der Waals surface area contributed by atoms with Gasteiger partial charge in [-0.25, -0.2) is 8.42 Å². The van der Waals surface area contributed by atoms with E-state index in [2.05, 4.69) is 0 Å². The number of aldehydes is 1. The van der Waals surface area contributed by atoms with Gasteiger partial charge in [0, 0.05) is 5.75 Å². The van der Waals surface area contributed by atoms with Crippen molar-refractivity contribution < 1.29 is 13.2 Å². The van der Waals surface area contributed by atoms with Gasteiger partial charge in [-0.3, -0.25) is 0 Å². The Kier molecular flexibility index (Phi) is 1.96. The van der Waals surface area contributed by atoms with E-state index >= 15 is 0 Å². The van der Waals surface area contributed by atoms with Gasteiger partial charge < -0.3 is 4.79 Å². The van der Waals surface area contributed by atoms with Crippen LogP contribution in [0.3, 0.4) is 0 Å². The van der Waals surface area contributed by atoms with Crippen molar-refractivity contribution in [2.75, 3.05) is 5.75 Å². The first-order valence-corrected chi connectivity index (χ1v) is 5.33. The van der Waals surface area contributed by atoms with Crippen molar-refractivity contribution in [3.8, 4) is 6.07 Å². The first-order chi connectivity index (χ1) is 5.52. The normalized spacial score (nSPS) is 33.8. The van der Waals surface area contributed by atoms with Crippen molar-refractivity contribution in [2.45, 2.75) is 18.6 Å². The summed E-state index contributed by atoms with van der Waals surface area (Å²) in [5.74, 6) is -0.00502. The van der Waals surface area contributed by atoms with Crippen LogP contribution in [0.4, 0.5) is 0 Å². The summed E-state index contributed by atoms with van der Waals surface area (Å²) >= 11 is 0. The lowest BCUT2D eigenvalue weighted by Gasteiger charge is -1.98. The molecule has 0 bridgehead atoms. The number of sulfone groups is 1. The van der Waals surface area contributed by atoms with Crippen LogP contribution >= 0.6 is 0 Å². The van der Waals surface area contributed by atoms with E-state index in [0.717, 1.165) is 0 Å². The zero-order valence-corrected chi connectivity index (χ0v) is 7.47. The molecule has 5 heteroatoms. The summed E-state index contributed by atoms with van der Waals surface area (Å²) in [6.45, 7) is 1.51. The molecule has 0 amide bonds. The number of carbonyl (C=O) groups excluding carboxylic acids is 1. The first kappa shape index (κ1) is 9.20. The molecule has 0 aromatic heterocycles. The molecule has 0 unspecified atom stereocenters. The van der Waals surface area contributed by atoms with Gasteiger partial charge in [0.1, 0.15) is 11.7 Å². The lowest BCUT2D eigenvalue weighted by atomic mass is 10.2. The second kappa shape index (κ2) is 2.56. The Morgan fingerprint density at radius 1 is 1.75 bits per heavy atom. The zero-order valence-electron chi connectivity index (χ0n) is 6.65. The summed E-state index contributed by atoms with van der Waals surface area (Å²) in [5, 5.41) is 7.79. The maximum atomic E-state index is 11.2. The third-order valence-corrected chi connectivity index (χ3v) is 4.45. The van der Waals surface area contributed by atoms with E-state index < -0.39 is 20.5 Å². The second-order valence-electron chi connectivity index (χ2n) is 2.91. The molecule has 0 aromatic carbocycles. The molecule has 1 saturated carbocycles. The monoisotopic (exact) mass is 187 g/mol. The molecule has 1 fully saturated rings. The highest BCUT2D eigenvalue weighted by molar-refractivity contribution is 7.92. The van der Waals surface area contributed by atoms with Crippen molar-refractivity contribution in [2.24, 2.45) is 5.41 Å². The van der Waals surface area contributed by atoms with E-state index in [9.17, 15) is 13.2 Å². The van der Waals surface area contributed by atoms with Gasteiger partial charge in [-0.1, -0.05) is 6.92 Å². The lowest BCUT2D eigenvalue weighted by molar-refractivity contribution is -0.110. The second-order valence-corrected chi connectivity index (χ2v) is 5.39. The van der Waals surface area contributed by atoms with Crippen molar-refractivity contribution in [1.29, 1.82) is 5.26 Å². The van der Waals surface area contributed by atoms with Crippen LogP contribution in [0.15, 0.2) is 0 Å². The predicted octanol–water partition coefficient (Wildman–Crippen LogP) is -0.0977. The molecule has 0 radical (unpaired) electrons. The van der Waals surface area contributed by atoms with Gasteiger partial charge in [0.25, 0.3) is 0 Å². The molecular formula is C7H9NO3S. The van der Waals surface area contributed by atoms with Crippen LogP contribution in [0.2, 0.25) is 0 Å². The number of rotatable bonds is 3. The van der Waals surface area contributed by atoms with Crippen molar-refractivity contribution in [1.82, 2.24) is 0 Å². The third kappa shape index (κ3) is 1.12. The quantitative estimate of drug-likeness (QED) is 0.578. The zero-order chi connectivity index (χ0) is 9.41. The highest BCUT2D eigenvalue weighted by Gasteiger charge is 2.61. The molecule has 66 valence electrons. The van der Waals surface area contributed by atoms with Crippen LogP contribution in [-0.2, 0) is 14.6 Å². The SMILES string of the molecule is CCS(=O)(=O)[C@H]1C[C@@]1(C#N)C=O. The van der Waals surface area contributed by atoms with Crippen molar-refractivity contribution in [3.63, 3.8) is 0 Å². The van der Waals surface area contributed by atoms with Gasteiger partial charge in [-0.2, -0.15) is 5.26 Å². The minimum atomic E-state index is -3.21. The molecule has 0 N–H and O–H groups in total. The summed E-state index contributed by atoms with van der Waals surface area (Å²) in [4.78, 5) is 10.4. The van der Waals surface area contributed by atoms with Crippen LogP contribution in [0, 0.1) is 16.7 Å². The minimum absolute atomic E-state index is 0.00502. The summed E-state index contributed by atoms with van der Waals surface area (Å²) < 4.78 is 22.4. The molecule has 1 aliphatic carbocycles. The lowest BCUT2D eigenvalue weighted by Crippen LogP contribution is -2.17. The molecule has 2 atom stereocenters. The average Bonchev–Trinajstić information content (AvgIpc) is 2.80. The molecule has 1 aliphatic rings. The van der Waals surface area contributed by atoms with Crippen molar-refractivity contribution in [3.05, 3.63) is 0 Å². The molecule has 12 heavy (non-hydrogen) atoms. The van der Waals surface area contributed by atoms with E-state index in [0.29, 0.717) is 6.29 Å². The summed E-state index contributed by atoms with van der Waals surface area (Å²) in [7, 11) is -3.21. The van der Waals surface area contributed by atoms with E-state index in [1.54, 1.807) is 6.07 Å². The minimum Gasteiger partial charge on any atom is -0.302 e. The van der Waals surface area contributed by atoms with Gasteiger partial charge >= 0.3 is 0 Å². The Morgan fingerprint density at radius 3 is 2.58 bits per heavy atom. The van der Waals surface area contributed by atoms with Crippen LogP contribution in [0.1, 0.15) is 13.3 Å². The summed E-state index contributed by atoms with van der Waals surface area (Å²) in [5.41, 5.74) is -1.23. The molecule has 0 spiro atoms. The number of carbonyl (C=O) groups is 1. The summed E-state index contributed by atoms with van der Waals surface area (Å²) in [6.07, 6.45) is 0.619. The number of nitriles is 1. The Labute approximate surface area is 71.1 Å². The van der Waals surface area contributed by atoms with Crippen LogP contribution in [0.25, 0.3) is 0 Å². The highest BCUT2D eigenvalue weighted by Crippen LogP contribution is 2.48. The molecule has 0 heterocycles. The maximum Gasteiger partial charge on any atom is 0.154 e.